The molecule has 0 atom stereocenters. The Balaban J connectivity index is 1.89. The Bertz CT molecular complexity index is 610. The van der Waals surface area contributed by atoms with Crippen LogP contribution in [0, 0.1) is 0 Å². The van der Waals surface area contributed by atoms with E-state index >= 15 is 0 Å². The van der Waals surface area contributed by atoms with Crippen molar-refractivity contribution in [2.45, 2.75) is 13.1 Å². The first-order valence-electron chi connectivity index (χ1n) is 5.00. The predicted octanol–water partition coefficient (Wildman–Crippen LogP) is 0.185. The number of rotatable bonds is 3. The Morgan fingerprint density at radius 1 is 1.29 bits per heavy atom. The van der Waals surface area contributed by atoms with Crippen molar-refractivity contribution in [1.82, 2.24) is 29.9 Å². The van der Waals surface area contributed by atoms with Gasteiger partial charge in [0.25, 0.3) is 0 Å². The number of nitrogens with zero attached hydrogens (tertiary/aromatic N) is 6. The van der Waals surface area contributed by atoms with E-state index in [2.05, 4.69) is 25.3 Å². The Kier molecular flexibility index (Phi) is 2.50. The van der Waals surface area contributed by atoms with E-state index in [1.807, 2.05) is 6.20 Å². The minimum absolute atomic E-state index is 0.392. The molecule has 0 amide bonds. The fourth-order valence-corrected chi connectivity index (χ4v) is 2.29. The SMILES string of the molecule is NCc1cn(Cc2nc3nccnc3s2)nn1. The zero-order valence-corrected chi connectivity index (χ0v) is 9.63. The van der Waals surface area contributed by atoms with Crippen LogP contribution >= 0.6 is 11.3 Å². The molecule has 17 heavy (non-hydrogen) atoms. The van der Waals surface area contributed by atoms with Crippen LogP contribution in [0.1, 0.15) is 10.7 Å². The maximum Gasteiger partial charge on any atom is 0.189 e. The zero-order chi connectivity index (χ0) is 11.7. The third-order valence-corrected chi connectivity index (χ3v) is 3.12. The molecule has 0 spiro atoms. The Labute approximate surface area is 100 Å². The lowest BCUT2D eigenvalue weighted by atomic mass is 10.5. The summed E-state index contributed by atoms with van der Waals surface area (Å²) in [6.07, 6.45) is 5.10. The standard InChI is InChI=1S/C9H9N7S/c10-3-6-4-16(15-14-6)5-7-13-8-9(17-7)12-2-1-11-8/h1-2,4H,3,5,10H2. The Morgan fingerprint density at radius 3 is 2.94 bits per heavy atom. The van der Waals surface area contributed by atoms with E-state index in [0.29, 0.717) is 18.7 Å². The van der Waals surface area contributed by atoms with Gasteiger partial charge in [-0.1, -0.05) is 16.6 Å². The van der Waals surface area contributed by atoms with Crippen LogP contribution in [-0.2, 0) is 13.1 Å². The molecule has 7 nitrogen and oxygen atoms in total. The largest absolute Gasteiger partial charge is 0.325 e. The molecule has 0 fully saturated rings. The summed E-state index contributed by atoms with van der Waals surface area (Å²) in [5, 5.41) is 8.79. The minimum Gasteiger partial charge on any atom is -0.325 e. The van der Waals surface area contributed by atoms with Gasteiger partial charge in [-0.3, -0.25) is 0 Å². The first-order chi connectivity index (χ1) is 8.35. The number of aromatic nitrogens is 6. The third-order valence-electron chi connectivity index (χ3n) is 2.18. The molecule has 3 aromatic heterocycles. The summed E-state index contributed by atoms with van der Waals surface area (Å²) in [5.41, 5.74) is 6.91. The summed E-state index contributed by atoms with van der Waals surface area (Å²) >= 11 is 1.50. The van der Waals surface area contributed by atoms with Gasteiger partial charge in [-0.05, 0) is 0 Å². The van der Waals surface area contributed by atoms with Crippen LogP contribution in [0.15, 0.2) is 18.6 Å². The van der Waals surface area contributed by atoms with E-state index in [4.69, 9.17) is 5.73 Å². The van der Waals surface area contributed by atoms with Gasteiger partial charge in [-0.15, -0.1) is 5.10 Å². The van der Waals surface area contributed by atoms with Gasteiger partial charge in [0.2, 0.25) is 0 Å². The summed E-state index contributed by atoms with van der Waals surface area (Å²) < 4.78 is 1.71. The minimum atomic E-state index is 0.392. The van der Waals surface area contributed by atoms with Crippen LogP contribution in [-0.4, -0.2) is 29.9 Å². The van der Waals surface area contributed by atoms with Crippen molar-refractivity contribution in [3.05, 3.63) is 29.3 Å². The average molecular weight is 247 g/mol. The van der Waals surface area contributed by atoms with Gasteiger partial charge in [0, 0.05) is 18.9 Å². The highest BCUT2D eigenvalue weighted by atomic mass is 32.1. The van der Waals surface area contributed by atoms with Gasteiger partial charge in [0.15, 0.2) is 10.5 Å². The topological polar surface area (TPSA) is 95.4 Å². The molecule has 0 unspecified atom stereocenters. The first-order valence-corrected chi connectivity index (χ1v) is 5.82. The number of fused-ring (bicyclic) bond motifs is 1. The van der Waals surface area contributed by atoms with E-state index in [1.54, 1.807) is 17.1 Å². The van der Waals surface area contributed by atoms with E-state index in [0.717, 1.165) is 15.5 Å². The molecule has 3 aromatic rings. The fraction of sp³-hybridized carbons (Fsp3) is 0.222. The van der Waals surface area contributed by atoms with Gasteiger partial charge in [-0.2, -0.15) is 0 Å². The second kappa shape index (κ2) is 4.15. The van der Waals surface area contributed by atoms with Crippen molar-refractivity contribution in [2.75, 3.05) is 0 Å². The number of nitrogens with two attached hydrogens (primary N) is 1. The summed E-state index contributed by atoms with van der Waals surface area (Å²) in [6, 6.07) is 0. The summed E-state index contributed by atoms with van der Waals surface area (Å²) in [4.78, 5) is 13.5. The molecule has 0 aliphatic rings. The van der Waals surface area contributed by atoms with Gasteiger partial charge in [-0.25, -0.2) is 19.6 Å². The molecular weight excluding hydrogens is 238 g/mol. The highest BCUT2D eigenvalue weighted by Gasteiger charge is 2.07. The predicted molar refractivity (Wildman–Crippen MR) is 62.2 cm³/mol. The zero-order valence-electron chi connectivity index (χ0n) is 8.82. The maximum atomic E-state index is 5.47. The highest BCUT2D eigenvalue weighted by Crippen LogP contribution is 2.17. The molecule has 0 saturated heterocycles. The quantitative estimate of drug-likeness (QED) is 0.709. The second-order valence-electron chi connectivity index (χ2n) is 3.40. The van der Waals surface area contributed by atoms with Crippen LogP contribution in [0.3, 0.4) is 0 Å². The van der Waals surface area contributed by atoms with Gasteiger partial charge in [0.1, 0.15) is 5.01 Å². The highest BCUT2D eigenvalue weighted by molar-refractivity contribution is 7.18. The van der Waals surface area contributed by atoms with Gasteiger partial charge < -0.3 is 5.73 Å². The van der Waals surface area contributed by atoms with Crippen LogP contribution in [0.4, 0.5) is 0 Å². The van der Waals surface area contributed by atoms with E-state index < -0.39 is 0 Å². The molecule has 0 aromatic carbocycles. The summed E-state index contributed by atoms with van der Waals surface area (Å²) in [5.74, 6) is 0. The lowest BCUT2D eigenvalue weighted by molar-refractivity contribution is 0.647. The normalized spacial score (nSPS) is 11.1. The lowest BCUT2D eigenvalue weighted by Crippen LogP contribution is -2.00. The molecule has 0 aliphatic heterocycles. The molecule has 8 heteroatoms. The molecule has 0 saturated carbocycles. The average Bonchev–Trinajstić information content (AvgIpc) is 2.94. The monoisotopic (exact) mass is 247 g/mol. The maximum absolute atomic E-state index is 5.47. The number of hydrogen-bond donors (Lipinski definition) is 1. The molecule has 3 rings (SSSR count). The number of thiazole rings is 1. The van der Waals surface area contributed by atoms with Crippen molar-refractivity contribution in [2.24, 2.45) is 5.73 Å². The summed E-state index contributed by atoms with van der Waals surface area (Å²) in [6.45, 7) is 0.957. The Hall–Kier alpha value is -1.93. The smallest absolute Gasteiger partial charge is 0.189 e. The number of hydrogen-bond acceptors (Lipinski definition) is 7. The fourth-order valence-electron chi connectivity index (χ4n) is 1.43. The first kappa shape index (κ1) is 10.2. The summed E-state index contributed by atoms with van der Waals surface area (Å²) in [7, 11) is 0. The molecule has 0 radical (unpaired) electrons. The van der Waals surface area contributed by atoms with E-state index in [1.165, 1.54) is 11.3 Å². The molecule has 0 aliphatic carbocycles. The van der Waals surface area contributed by atoms with Gasteiger partial charge >= 0.3 is 0 Å². The van der Waals surface area contributed by atoms with Crippen LogP contribution in [0.5, 0.6) is 0 Å². The second-order valence-corrected chi connectivity index (χ2v) is 4.47. The molecular formula is C9H9N7S. The molecule has 3 heterocycles. The van der Waals surface area contributed by atoms with Crippen molar-refractivity contribution in [3.8, 4) is 0 Å². The van der Waals surface area contributed by atoms with Crippen LogP contribution < -0.4 is 5.73 Å². The van der Waals surface area contributed by atoms with Crippen molar-refractivity contribution in [3.63, 3.8) is 0 Å². The molecule has 2 N–H and O–H groups in total. The van der Waals surface area contributed by atoms with Crippen molar-refractivity contribution < 1.29 is 0 Å². The van der Waals surface area contributed by atoms with E-state index in [9.17, 15) is 0 Å². The van der Waals surface area contributed by atoms with E-state index in [-0.39, 0.29) is 0 Å². The third kappa shape index (κ3) is 1.99. The van der Waals surface area contributed by atoms with Crippen LogP contribution in [0.2, 0.25) is 0 Å². The van der Waals surface area contributed by atoms with Crippen molar-refractivity contribution in [1.29, 1.82) is 0 Å². The Morgan fingerprint density at radius 2 is 2.18 bits per heavy atom. The van der Waals surface area contributed by atoms with Gasteiger partial charge in [0.05, 0.1) is 18.4 Å². The van der Waals surface area contributed by atoms with Crippen LogP contribution in [0.25, 0.3) is 10.5 Å². The molecule has 86 valence electrons. The van der Waals surface area contributed by atoms with Crippen molar-refractivity contribution >= 4 is 21.8 Å². The molecule has 0 bridgehead atoms. The lowest BCUT2D eigenvalue weighted by Gasteiger charge is -1.93.